The molecule has 0 aliphatic heterocycles. The van der Waals surface area contributed by atoms with Crippen molar-refractivity contribution in [2.75, 3.05) is 13.6 Å². The minimum atomic E-state index is -0.746. The molecule has 0 aromatic heterocycles. The minimum absolute atomic E-state index is 0.141. The summed E-state index contributed by atoms with van der Waals surface area (Å²) in [5.74, 6) is -1.38. The van der Waals surface area contributed by atoms with Crippen molar-refractivity contribution in [1.29, 1.82) is 0 Å². The van der Waals surface area contributed by atoms with E-state index < -0.39 is 12.0 Å². The molecule has 0 aromatic carbocycles. The predicted molar refractivity (Wildman–Crippen MR) is 68.6 cm³/mol. The second kappa shape index (κ2) is 7.73. The first-order chi connectivity index (χ1) is 9.02. The summed E-state index contributed by atoms with van der Waals surface area (Å²) in [7, 11) is 1.44. The van der Waals surface area contributed by atoms with E-state index in [-0.39, 0.29) is 24.3 Å². The maximum Gasteiger partial charge on any atom is 0.321 e. The molecule has 19 heavy (non-hydrogen) atoms. The summed E-state index contributed by atoms with van der Waals surface area (Å²) < 4.78 is 0. The average Bonchev–Trinajstić information content (AvgIpc) is 2.38. The lowest BCUT2D eigenvalue weighted by Crippen LogP contribution is -2.41. The maximum atomic E-state index is 11.3. The Bertz CT molecular complexity index is 346. The number of carboxylic acid groups (broad SMARTS) is 1. The van der Waals surface area contributed by atoms with Crippen molar-refractivity contribution in [3.05, 3.63) is 0 Å². The first-order valence-electron chi connectivity index (χ1n) is 6.50. The molecule has 4 N–H and O–H groups in total. The van der Waals surface area contributed by atoms with Crippen LogP contribution in [0.3, 0.4) is 0 Å². The fourth-order valence-corrected chi connectivity index (χ4v) is 2.24. The van der Waals surface area contributed by atoms with E-state index in [1.165, 1.54) is 7.05 Å². The molecule has 0 saturated heterocycles. The number of hydrogen-bond donors (Lipinski definition) is 4. The van der Waals surface area contributed by atoms with Crippen molar-refractivity contribution in [3.8, 4) is 0 Å². The number of rotatable bonds is 5. The van der Waals surface area contributed by atoms with Gasteiger partial charge in [0.1, 0.15) is 0 Å². The first kappa shape index (κ1) is 15.4. The zero-order valence-corrected chi connectivity index (χ0v) is 11.1. The molecule has 1 fully saturated rings. The summed E-state index contributed by atoms with van der Waals surface area (Å²) >= 11 is 0. The molecule has 1 aliphatic carbocycles. The predicted octanol–water partition coefficient (Wildman–Crippen LogP) is 0.0651. The Morgan fingerprint density at radius 2 is 2.00 bits per heavy atom. The Morgan fingerprint density at radius 3 is 2.63 bits per heavy atom. The van der Waals surface area contributed by atoms with Crippen molar-refractivity contribution in [2.45, 2.75) is 38.1 Å². The van der Waals surface area contributed by atoms with Gasteiger partial charge < -0.3 is 15.7 Å². The third kappa shape index (κ3) is 5.69. The number of amides is 3. The molecule has 1 rings (SSSR count). The number of aliphatic carboxylic acids is 1. The van der Waals surface area contributed by atoms with Crippen LogP contribution in [0.4, 0.5) is 4.79 Å². The fourth-order valence-electron chi connectivity index (χ4n) is 2.24. The van der Waals surface area contributed by atoms with Crippen LogP contribution in [-0.4, -0.2) is 42.6 Å². The summed E-state index contributed by atoms with van der Waals surface area (Å²) in [5.41, 5.74) is 0. The van der Waals surface area contributed by atoms with E-state index in [0.29, 0.717) is 13.0 Å². The summed E-state index contributed by atoms with van der Waals surface area (Å²) in [6.07, 6.45) is 3.35. The Kier molecular flexibility index (Phi) is 6.27. The van der Waals surface area contributed by atoms with Crippen LogP contribution < -0.4 is 16.0 Å². The first-order valence-corrected chi connectivity index (χ1v) is 6.50. The zero-order chi connectivity index (χ0) is 14.3. The molecule has 2 atom stereocenters. The highest BCUT2D eigenvalue weighted by molar-refractivity contribution is 5.94. The molecule has 0 bridgehead atoms. The molecule has 1 aliphatic rings. The number of carbonyl (C=O) groups excluding carboxylic acids is 2. The minimum Gasteiger partial charge on any atom is -0.481 e. The van der Waals surface area contributed by atoms with E-state index in [0.717, 1.165) is 19.3 Å². The average molecular weight is 271 g/mol. The van der Waals surface area contributed by atoms with Gasteiger partial charge in [0.2, 0.25) is 5.91 Å². The zero-order valence-electron chi connectivity index (χ0n) is 11.1. The van der Waals surface area contributed by atoms with E-state index in [4.69, 9.17) is 5.11 Å². The lowest BCUT2D eigenvalue weighted by atomic mass is 9.86. The smallest absolute Gasteiger partial charge is 0.321 e. The number of hydrogen-bond acceptors (Lipinski definition) is 4. The maximum absolute atomic E-state index is 11.3. The van der Waals surface area contributed by atoms with Gasteiger partial charge in [0.15, 0.2) is 0 Å². The normalized spacial score (nSPS) is 22.6. The van der Waals surface area contributed by atoms with Crippen molar-refractivity contribution in [2.24, 2.45) is 5.92 Å². The standard InChI is InChI=1S/C12H21N3O4/c1-13-12(19)15-10(16)5-6-14-9-4-2-3-8(7-9)11(17)18/h8-9,14H,2-7H2,1H3,(H,17,18)(H2,13,15,16,19). The van der Waals surface area contributed by atoms with Gasteiger partial charge in [0.25, 0.3) is 0 Å². The SMILES string of the molecule is CNC(=O)NC(=O)CCNC1CCCC(C(=O)O)C1. The van der Waals surface area contributed by atoms with Crippen molar-refractivity contribution in [3.63, 3.8) is 0 Å². The van der Waals surface area contributed by atoms with Crippen LogP contribution in [0.2, 0.25) is 0 Å². The van der Waals surface area contributed by atoms with Gasteiger partial charge in [0, 0.05) is 26.1 Å². The number of nitrogens with one attached hydrogen (secondary N) is 3. The van der Waals surface area contributed by atoms with Gasteiger partial charge in [-0.25, -0.2) is 4.79 Å². The van der Waals surface area contributed by atoms with Gasteiger partial charge in [-0.15, -0.1) is 0 Å². The number of imide groups is 1. The van der Waals surface area contributed by atoms with Gasteiger partial charge in [-0.3, -0.25) is 14.9 Å². The molecule has 7 heteroatoms. The second-order valence-electron chi connectivity index (χ2n) is 4.73. The van der Waals surface area contributed by atoms with Gasteiger partial charge in [-0.2, -0.15) is 0 Å². The molecular weight excluding hydrogens is 250 g/mol. The van der Waals surface area contributed by atoms with Crippen LogP contribution in [0.25, 0.3) is 0 Å². The number of carbonyl (C=O) groups is 3. The topological polar surface area (TPSA) is 108 Å². The van der Waals surface area contributed by atoms with Crippen LogP contribution in [0.1, 0.15) is 32.1 Å². The van der Waals surface area contributed by atoms with E-state index in [2.05, 4.69) is 16.0 Å². The third-order valence-electron chi connectivity index (χ3n) is 3.29. The molecular formula is C12H21N3O4. The monoisotopic (exact) mass is 271 g/mol. The molecule has 108 valence electrons. The molecule has 0 radical (unpaired) electrons. The van der Waals surface area contributed by atoms with E-state index >= 15 is 0 Å². The lowest BCUT2D eigenvalue weighted by molar-refractivity contribution is -0.143. The molecule has 0 spiro atoms. The van der Waals surface area contributed by atoms with Crippen LogP contribution in [0.5, 0.6) is 0 Å². The lowest BCUT2D eigenvalue weighted by Gasteiger charge is -2.27. The largest absolute Gasteiger partial charge is 0.481 e. The van der Waals surface area contributed by atoms with Gasteiger partial charge in [0.05, 0.1) is 5.92 Å². The van der Waals surface area contributed by atoms with Crippen LogP contribution in [0, 0.1) is 5.92 Å². The van der Waals surface area contributed by atoms with Crippen LogP contribution in [-0.2, 0) is 9.59 Å². The van der Waals surface area contributed by atoms with Crippen LogP contribution >= 0.6 is 0 Å². The molecule has 1 saturated carbocycles. The van der Waals surface area contributed by atoms with Gasteiger partial charge in [-0.1, -0.05) is 6.42 Å². The van der Waals surface area contributed by atoms with E-state index in [1.807, 2.05) is 0 Å². The highest BCUT2D eigenvalue weighted by Crippen LogP contribution is 2.24. The summed E-state index contributed by atoms with van der Waals surface area (Å²) in [4.78, 5) is 33.1. The van der Waals surface area contributed by atoms with Crippen molar-refractivity contribution >= 4 is 17.9 Å². The Morgan fingerprint density at radius 1 is 1.26 bits per heavy atom. The summed E-state index contributed by atoms with van der Waals surface area (Å²) in [6, 6.07) is -0.378. The molecule has 7 nitrogen and oxygen atoms in total. The third-order valence-corrected chi connectivity index (χ3v) is 3.29. The quantitative estimate of drug-likeness (QED) is 0.566. The summed E-state index contributed by atoms with van der Waals surface area (Å²) in [5, 5.41) is 16.6. The van der Waals surface area contributed by atoms with Crippen molar-refractivity contribution < 1.29 is 19.5 Å². The van der Waals surface area contributed by atoms with Gasteiger partial charge in [-0.05, 0) is 19.3 Å². The Balaban J connectivity index is 2.20. The van der Waals surface area contributed by atoms with Crippen molar-refractivity contribution in [1.82, 2.24) is 16.0 Å². The van der Waals surface area contributed by atoms with E-state index in [9.17, 15) is 14.4 Å². The Labute approximate surface area is 112 Å². The fraction of sp³-hybridized carbons (Fsp3) is 0.750. The highest BCUT2D eigenvalue weighted by atomic mass is 16.4. The Hall–Kier alpha value is -1.63. The second-order valence-corrected chi connectivity index (χ2v) is 4.73. The van der Waals surface area contributed by atoms with Gasteiger partial charge >= 0.3 is 12.0 Å². The molecule has 0 heterocycles. The number of urea groups is 1. The summed E-state index contributed by atoms with van der Waals surface area (Å²) in [6.45, 7) is 0.444. The molecule has 2 unspecified atom stereocenters. The highest BCUT2D eigenvalue weighted by Gasteiger charge is 2.26. The van der Waals surface area contributed by atoms with E-state index in [1.54, 1.807) is 0 Å². The number of carboxylic acids is 1. The molecule has 3 amide bonds. The molecule has 0 aromatic rings. The van der Waals surface area contributed by atoms with Crippen LogP contribution in [0.15, 0.2) is 0 Å².